The maximum atomic E-state index is 10.5. The van der Waals surface area contributed by atoms with E-state index in [1.807, 2.05) is 0 Å². The smallest absolute Gasteiger partial charge is 0.149 e. The van der Waals surface area contributed by atoms with E-state index in [4.69, 9.17) is 21.4 Å². The molecule has 0 radical (unpaired) electrons. The first-order valence-electron chi connectivity index (χ1n) is 5.22. The lowest BCUT2D eigenvalue weighted by atomic mass is 9.91. The molecule has 1 saturated heterocycles. The molecule has 1 fully saturated rings. The summed E-state index contributed by atoms with van der Waals surface area (Å²) in [6.07, 6.45) is -4.01. The van der Waals surface area contributed by atoms with Crippen LogP contribution in [0.5, 0.6) is 0 Å². The number of rotatable bonds is 5. The molecular formula is C10H16ClNO5. The standard InChI is InChI=1S/C10H16ClNO5/c1-5(3-11)2-6-9(14)10(15)8(12-16)7(4-13)17-6/h6-10,13-15H,1-4H2. The van der Waals surface area contributed by atoms with Gasteiger partial charge in [0, 0.05) is 5.88 Å². The molecule has 1 rings (SSSR count). The van der Waals surface area contributed by atoms with Gasteiger partial charge in [0.2, 0.25) is 0 Å². The van der Waals surface area contributed by atoms with Crippen molar-refractivity contribution in [3.8, 4) is 0 Å². The van der Waals surface area contributed by atoms with E-state index in [-0.39, 0.29) is 12.3 Å². The Morgan fingerprint density at radius 2 is 2.00 bits per heavy atom. The number of nitrogens with zero attached hydrogens (tertiary/aromatic N) is 1. The van der Waals surface area contributed by atoms with Crippen LogP contribution in [0.2, 0.25) is 0 Å². The largest absolute Gasteiger partial charge is 0.394 e. The fraction of sp³-hybridized carbons (Fsp3) is 0.800. The summed E-state index contributed by atoms with van der Waals surface area (Å²) in [7, 11) is 0. The van der Waals surface area contributed by atoms with Crippen LogP contribution in [-0.4, -0.2) is 58.3 Å². The van der Waals surface area contributed by atoms with E-state index in [0.29, 0.717) is 5.57 Å². The van der Waals surface area contributed by atoms with Gasteiger partial charge in [0.1, 0.15) is 24.4 Å². The predicted octanol–water partition coefficient (Wildman–Crippen LogP) is -0.212. The number of hydrogen-bond acceptors (Lipinski definition) is 6. The molecule has 1 aliphatic rings. The first-order valence-corrected chi connectivity index (χ1v) is 5.76. The number of aliphatic hydroxyl groups excluding tert-OH is 3. The van der Waals surface area contributed by atoms with Crippen LogP contribution in [0, 0.1) is 4.91 Å². The second kappa shape index (κ2) is 6.42. The van der Waals surface area contributed by atoms with E-state index in [1.54, 1.807) is 0 Å². The number of nitroso groups, excluding NO2 is 1. The number of halogens is 1. The molecule has 3 N–H and O–H groups in total. The van der Waals surface area contributed by atoms with Gasteiger partial charge in [0.15, 0.2) is 0 Å². The first-order chi connectivity index (χ1) is 8.04. The molecule has 0 aromatic heterocycles. The maximum Gasteiger partial charge on any atom is 0.149 e. The summed E-state index contributed by atoms with van der Waals surface area (Å²) >= 11 is 5.56. The van der Waals surface area contributed by atoms with Crippen molar-refractivity contribution in [2.24, 2.45) is 5.18 Å². The van der Waals surface area contributed by atoms with Crippen LogP contribution < -0.4 is 0 Å². The predicted molar refractivity (Wildman–Crippen MR) is 61.8 cm³/mol. The quantitative estimate of drug-likeness (QED) is 0.363. The van der Waals surface area contributed by atoms with Gasteiger partial charge in [-0.3, -0.25) is 0 Å². The Morgan fingerprint density at radius 1 is 1.35 bits per heavy atom. The lowest BCUT2D eigenvalue weighted by Gasteiger charge is -2.39. The normalized spacial score (nSPS) is 37.8. The Kier molecular flexibility index (Phi) is 5.48. The van der Waals surface area contributed by atoms with Gasteiger partial charge in [-0.2, -0.15) is 4.91 Å². The minimum atomic E-state index is -1.36. The second-order valence-corrected chi connectivity index (χ2v) is 4.33. The van der Waals surface area contributed by atoms with Gasteiger partial charge in [-0.1, -0.05) is 17.3 Å². The zero-order valence-corrected chi connectivity index (χ0v) is 9.95. The molecule has 0 bridgehead atoms. The molecule has 98 valence electrons. The van der Waals surface area contributed by atoms with Gasteiger partial charge in [0.05, 0.1) is 12.7 Å². The summed E-state index contributed by atoms with van der Waals surface area (Å²) in [4.78, 5) is 10.5. The summed E-state index contributed by atoms with van der Waals surface area (Å²) in [6.45, 7) is 3.21. The van der Waals surface area contributed by atoms with Crippen LogP contribution in [0.15, 0.2) is 17.3 Å². The lowest BCUT2D eigenvalue weighted by Crippen LogP contribution is -2.57. The third-order valence-corrected chi connectivity index (χ3v) is 3.17. The van der Waals surface area contributed by atoms with Crippen LogP contribution in [-0.2, 0) is 4.74 Å². The second-order valence-electron chi connectivity index (χ2n) is 4.06. The molecule has 1 aliphatic heterocycles. The molecule has 0 aromatic rings. The molecule has 17 heavy (non-hydrogen) atoms. The topological polar surface area (TPSA) is 99.4 Å². The van der Waals surface area contributed by atoms with Crippen molar-refractivity contribution in [3.63, 3.8) is 0 Å². The third kappa shape index (κ3) is 3.23. The van der Waals surface area contributed by atoms with E-state index in [2.05, 4.69) is 11.8 Å². The molecule has 6 nitrogen and oxygen atoms in total. The lowest BCUT2D eigenvalue weighted by molar-refractivity contribution is -0.185. The zero-order chi connectivity index (χ0) is 13.0. The van der Waals surface area contributed by atoms with Crippen molar-refractivity contribution < 1.29 is 20.1 Å². The summed E-state index contributed by atoms with van der Waals surface area (Å²) in [5.74, 6) is 0.210. The van der Waals surface area contributed by atoms with Crippen LogP contribution in [0.1, 0.15) is 6.42 Å². The minimum Gasteiger partial charge on any atom is -0.394 e. The van der Waals surface area contributed by atoms with Crippen LogP contribution >= 0.6 is 11.6 Å². The zero-order valence-electron chi connectivity index (χ0n) is 9.20. The number of hydrogen-bond donors (Lipinski definition) is 3. The average molecular weight is 266 g/mol. The summed E-state index contributed by atoms with van der Waals surface area (Å²) in [6, 6.07) is -1.17. The number of aliphatic hydroxyl groups is 3. The van der Waals surface area contributed by atoms with E-state index < -0.39 is 37.1 Å². The summed E-state index contributed by atoms with van der Waals surface area (Å²) in [5, 5.41) is 31.2. The molecule has 0 saturated carbocycles. The molecule has 7 heteroatoms. The highest BCUT2D eigenvalue weighted by molar-refractivity contribution is 6.19. The van der Waals surface area contributed by atoms with Gasteiger partial charge in [-0.15, -0.1) is 11.6 Å². The fourth-order valence-corrected chi connectivity index (χ4v) is 1.93. The first kappa shape index (κ1) is 14.5. The summed E-state index contributed by atoms with van der Waals surface area (Å²) in [5.41, 5.74) is 0.636. The Hall–Kier alpha value is -0.530. The van der Waals surface area contributed by atoms with Crippen LogP contribution in [0.25, 0.3) is 0 Å². The molecule has 5 unspecified atom stereocenters. The van der Waals surface area contributed by atoms with Crippen molar-refractivity contribution in [2.75, 3.05) is 12.5 Å². The van der Waals surface area contributed by atoms with Gasteiger partial charge < -0.3 is 20.1 Å². The van der Waals surface area contributed by atoms with E-state index in [9.17, 15) is 15.1 Å². The van der Waals surface area contributed by atoms with E-state index >= 15 is 0 Å². The van der Waals surface area contributed by atoms with Crippen LogP contribution in [0.3, 0.4) is 0 Å². The van der Waals surface area contributed by atoms with E-state index in [0.717, 1.165) is 0 Å². The Bertz CT molecular complexity index is 286. The van der Waals surface area contributed by atoms with E-state index in [1.165, 1.54) is 0 Å². The van der Waals surface area contributed by atoms with Crippen LogP contribution in [0.4, 0.5) is 0 Å². The third-order valence-electron chi connectivity index (χ3n) is 2.79. The molecule has 0 amide bonds. The maximum absolute atomic E-state index is 10.5. The van der Waals surface area contributed by atoms with Gasteiger partial charge in [-0.25, -0.2) is 0 Å². The van der Waals surface area contributed by atoms with Gasteiger partial charge in [0.25, 0.3) is 0 Å². The highest BCUT2D eigenvalue weighted by atomic mass is 35.5. The van der Waals surface area contributed by atoms with Crippen molar-refractivity contribution in [2.45, 2.75) is 36.9 Å². The van der Waals surface area contributed by atoms with Gasteiger partial charge in [-0.05, 0) is 6.42 Å². The van der Waals surface area contributed by atoms with Crippen molar-refractivity contribution in [1.29, 1.82) is 0 Å². The average Bonchev–Trinajstić information content (AvgIpc) is 2.34. The van der Waals surface area contributed by atoms with Crippen molar-refractivity contribution in [1.82, 2.24) is 0 Å². The number of ether oxygens (including phenoxy) is 1. The number of alkyl halides is 1. The summed E-state index contributed by atoms with van der Waals surface area (Å²) < 4.78 is 5.32. The molecule has 5 atom stereocenters. The fourth-order valence-electron chi connectivity index (χ4n) is 1.82. The highest BCUT2D eigenvalue weighted by Gasteiger charge is 2.45. The Labute approximate surface area is 104 Å². The van der Waals surface area contributed by atoms with Crippen molar-refractivity contribution >= 4 is 11.6 Å². The molecule has 0 aromatic carbocycles. The molecule has 0 spiro atoms. The Balaban J connectivity index is 2.75. The SMILES string of the molecule is C=C(CCl)CC1OC(CO)C(N=O)C(O)C1O. The van der Waals surface area contributed by atoms with Crippen molar-refractivity contribution in [3.05, 3.63) is 17.1 Å². The monoisotopic (exact) mass is 265 g/mol. The Morgan fingerprint density at radius 3 is 2.47 bits per heavy atom. The minimum absolute atomic E-state index is 0.210. The molecular weight excluding hydrogens is 250 g/mol. The van der Waals surface area contributed by atoms with Gasteiger partial charge >= 0.3 is 0 Å². The molecule has 0 aliphatic carbocycles. The molecule has 1 heterocycles. The highest BCUT2D eigenvalue weighted by Crippen LogP contribution is 2.26.